The minimum absolute atomic E-state index is 0.477. The monoisotopic (exact) mass is 213 g/mol. The fourth-order valence-corrected chi connectivity index (χ4v) is 1.61. The highest BCUT2D eigenvalue weighted by Gasteiger charge is 1.93. The molecular formula is C8H11N3S2. The molecule has 0 atom stereocenters. The van der Waals surface area contributed by atoms with Crippen molar-refractivity contribution in [3.8, 4) is 0 Å². The zero-order valence-electron chi connectivity index (χ0n) is 7.52. The number of hydrogen-bond donors (Lipinski definition) is 1. The summed E-state index contributed by atoms with van der Waals surface area (Å²) in [5.74, 6) is 0. The molecule has 0 radical (unpaired) electrons. The summed E-state index contributed by atoms with van der Waals surface area (Å²) in [6, 6.07) is 2.05. The number of aryl methyl sites for hydroxylation is 1. The Hall–Kier alpha value is -0.810. The summed E-state index contributed by atoms with van der Waals surface area (Å²) in [7, 11) is 0. The first-order valence-corrected chi connectivity index (χ1v) is 5.79. The van der Waals surface area contributed by atoms with Crippen molar-refractivity contribution in [2.75, 3.05) is 6.26 Å². The van der Waals surface area contributed by atoms with Crippen LogP contribution in [0.4, 0.5) is 0 Å². The summed E-state index contributed by atoms with van der Waals surface area (Å²) in [6.07, 6.45) is 3.59. The molecule has 0 bridgehead atoms. The van der Waals surface area contributed by atoms with Gasteiger partial charge in [-0.25, -0.2) is 0 Å². The van der Waals surface area contributed by atoms with Gasteiger partial charge in [0.15, 0.2) is 5.17 Å². The Balaban J connectivity index is 2.64. The van der Waals surface area contributed by atoms with Crippen LogP contribution < -0.4 is 5.73 Å². The van der Waals surface area contributed by atoms with Crippen LogP contribution in [0.2, 0.25) is 0 Å². The van der Waals surface area contributed by atoms with Gasteiger partial charge in [0.25, 0.3) is 0 Å². The minimum Gasteiger partial charge on any atom is -0.377 e. The van der Waals surface area contributed by atoms with Crippen LogP contribution in [0.25, 0.3) is 0 Å². The number of thiophene rings is 1. The summed E-state index contributed by atoms with van der Waals surface area (Å²) in [5, 5.41) is 10.2. The van der Waals surface area contributed by atoms with Gasteiger partial charge in [0.05, 0.1) is 11.1 Å². The van der Waals surface area contributed by atoms with Gasteiger partial charge in [-0.1, -0.05) is 11.8 Å². The molecule has 0 unspecified atom stereocenters. The predicted molar refractivity (Wildman–Crippen MR) is 61.8 cm³/mol. The Bertz CT molecular complexity index is 328. The molecule has 0 aliphatic carbocycles. The van der Waals surface area contributed by atoms with Gasteiger partial charge in [-0.2, -0.15) is 5.10 Å². The molecule has 2 N–H and O–H groups in total. The average Bonchev–Trinajstić information content (AvgIpc) is 2.52. The normalized spacial score (nSPS) is 12.6. The van der Waals surface area contributed by atoms with Crippen molar-refractivity contribution in [3.63, 3.8) is 0 Å². The van der Waals surface area contributed by atoms with Crippen LogP contribution in [-0.2, 0) is 0 Å². The van der Waals surface area contributed by atoms with Gasteiger partial charge in [-0.05, 0) is 30.2 Å². The largest absolute Gasteiger partial charge is 0.377 e. The van der Waals surface area contributed by atoms with E-state index >= 15 is 0 Å². The SMILES string of the molecule is CS/C(N)=N/N=C\c1sccc1C. The Morgan fingerprint density at radius 1 is 1.69 bits per heavy atom. The second kappa shape index (κ2) is 5.04. The van der Waals surface area contributed by atoms with Crippen LogP contribution in [0.1, 0.15) is 10.4 Å². The number of nitrogens with zero attached hydrogens (tertiary/aromatic N) is 2. The second-order valence-corrected chi connectivity index (χ2v) is 4.13. The van der Waals surface area contributed by atoms with E-state index in [-0.39, 0.29) is 0 Å². The van der Waals surface area contributed by atoms with Gasteiger partial charge in [0, 0.05) is 0 Å². The fraction of sp³-hybridized carbons (Fsp3) is 0.250. The summed E-state index contributed by atoms with van der Waals surface area (Å²) < 4.78 is 0. The van der Waals surface area contributed by atoms with Gasteiger partial charge in [0.1, 0.15) is 0 Å². The molecule has 0 aromatic carbocycles. The minimum atomic E-state index is 0.477. The molecule has 3 nitrogen and oxygen atoms in total. The Labute approximate surface area is 85.8 Å². The van der Waals surface area contributed by atoms with Crippen LogP contribution in [-0.4, -0.2) is 17.6 Å². The molecule has 70 valence electrons. The third-order valence-electron chi connectivity index (χ3n) is 1.44. The Morgan fingerprint density at radius 3 is 3.00 bits per heavy atom. The lowest BCUT2D eigenvalue weighted by molar-refractivity contribution is 1.25. The molecule has 1 heterocycles. The molecule has 13 heavy (non-hydrogen) atoms. The molecule has 0 spiro atoms. The maximum atomic E-state index is 5.45. The standard InChI is InChI=1S/C8H11N3S2/c1-6-3-4-13-7(6)5-10-11-8(9)12-2/h3-5H,1-2H3,(H2,9,11)/b10-5-. The van der Waals surface area contributed by atoms with Crippen molar-refractivity contribution in [1.29, 1.82) is 0 Å². The van der Waals surface area contributed by atoms with Crippen LogP contribution >= 0.6 is 23.1 Å². The fourth-order valence-electron chi connectivity index (χ4n) is 0.696. The van der Waals surface area contributed by atoms with E-state index in [1.54, 1.807) is 17.6 Å². The van der Waals surface area contributed by atoms with Crippen LogP contribution in [0, 0.1) is 6.92 Å². The van der Waals surface area contributed by atoms with Crippen LogP contribution in [0.5, 0.6) is 0 Å². The zero-order valence-corrected chi connectivity index (χ0v) is 9.15. The summed E-state index contributed by atoms with van der Waals surface area (Å²) >= 11 is 3.03. The molecule has 0 aliphatic rings. The number of amidine groups is 1. The van der Waals surface area contributed by atoms with E-state index in [2.05, 4.69) is 10.2 Å². The number of thioether (sulfide) groups is 1. The lowest BCUT2D eigenvalue weighted by Crippen LogP contribution is -2.03. The van der Waals surface area contributed by atoms with Crippen LogP contribution in [0.15, 0.2) is 21.6 Å². The lowest BCUT2D eigenvalue weighted by atomic mass is 10.3. The van der Waals surface area contributed by atoms with E-state index in [1.165, 1.54) is 17.3 Å². The predicted octanol–water partition coefficient (Wildman–Crippen LogP) is 2.07. The van der Waals surface area contributed by atoms with Crippen molar-refractivity contribution in [2.24, 2.45) is 15.9 Å². The molecule has 0 fully saturated rings. The van der Waals surface area contributed by atoms with Crippen molar-refractivity contribution in [3.05, 3.63) is 21.9 Å². The molecule has 1 aromatic rings. The molecule has 1 rings (SSSR count). The summed E-state index contributed by atoms with van der Waals surface area (Å²) in [5.41, 5.74) is 6.67. The number of rotatable bonds is 2. The third kappa shape index (κ3) is 3.20. The Kier molecular flexibility index (Phi) is 3.98. The first-order valence-electron chi connectivity index (χ1n) is 3.68. The van der Waals surface area contributed by atoms with E-state index < -0.39 is 0 Å². The summed E-state index contributed by atoms with van der Waals surface area (Å²) in [6.45, 7) is 2.04. The van der Waals surface area contributed by atoms with Gasteiger partial charge < -0.3 is 5.73 Å². The van der Waals surface area contributed by atoms with Crippen molar-refractivity contribution in [2.45, 2.75) is 6.92 Å². The second-order valence-electron chi connectivity index (χ2n) is 2.35. The van der Waals surface area contributed by atoms with Crippen LogP contribution in [0.3, 0.4) is 0 Å². The van der Waals surface area contributed by atoms with Gasteiger partial charge in [0.2, 0.25) is 0 Å². The van der Waals surface area contributed by atoms with Gasteiger partial charge >= 0.3 is 0 Å². The van der Waals surface area contributed by atoms with E-state index in [4.69, 9.17) is 5.73 Å². The lowest BCUT2D eigenvalue weighted by Gasteiger charge is -1.88. The van der Waals surface area contributed by atoms with E-state index in [0.717, 1.165) is 4.88 Å². The van der Waals surface area contributed by atoms with Gasteiger partial charge in [-0.3, -0.25) is 0 Å². The molecule has 0 amide bonds. The van der Waals surface area contributed by atoms with Crippen molar-refractivity contribution < 1.29 is 0 Å². The van der Waals surface area contributed by atoms with Gasteiger partial charge in [-0.15, -0.1) is 16.4 Å². The topological polar surface area (TPSA) is 50.7 Å². The summed E-state index contributed by atoms with van der Waals surface area (Å²) in [4.78, 5) is 1.12. The molecule has 0 saturated carbocycles. The molecule has 0 saturated heterocycles. The highest BCUT2D eigenvalue weighted by molar-refractivity contribution is 8.13. The smallest absolute Gasteiger partial charge is 0.180 e. The zero-order chi connectivity index (χ0) is 9.68. The first kappa shape index (κ1) is 10.3. The van der Waals surface area contributed by atoms with E-state index in [0.29, 0.717) is 5.17 Å². The van der Waals surface area contributed by atoms with Crippen molar-refractivity contribution >= 4 is 34.5 Å². The molecule has 0 aliphatic heterocycles. The highest BCUT2D eigenvalue weighted by atomic mass is 32.2. The highest BCUT2D eigenvalue weighted by Crippen LogP contribution is 2.12. The molecular weight excluding hydrogens is 202 g/mol. The molecule has 5 heteroatoms. The maximum Gasteiger partial charge on any atom is 0.180 e. The number of hydrogen-bond acceptors (Lipinski definition) is 4. The van der Waals surface area contributed by atoms with E-state index in [9.17, 15) is 0 Å². The quantitative estimate of drug-likeness (QED) is 0.464. The first-order chi connectivity index (χ1) is 6.24. The number of nitrogens with two attached hydrogens (primary N) is 1. The average molecular weight is 213 g/mol. The maximum absolute atomic E-state index is 5.45. The third-order valence-corrected chi connectivity index (χ3v) is 2.90. The molecule has 1 aromatic heterocycles. The van der Waals surface area contributed by atoms with E-state index in [1.807, 2.05) is 24.6 Å². The van der Waals surface area contributed by atoms with Crippen molar-refractivity contribution in [1.82, 2.24) is 0 Å². The Morgan fingerprint density at radius 2 is 2.46 bits per heavy atom.